The summed E-state index contributed by atoms with van der Waals surface area (Å²) in [5, 5.41) is 2.23. The van der Waals surface area contributed by atoms with Crippen molar-refractivity contribution in [3.8, 4) is 0 Å². The second-order valence-corrected chi connectivity index (χ2v) is 5.13. The molecule has 0 aromatic rings. The average molecular weight is 225 g/mol. The molecule has 0 aliphatic rings. The van der Waals surface area contributed by atoms with E-state index in [1.807, 2.05) is 0 Å². The SMILES string of the molecule is C=CC(=O)NC(C)(S)CS(=O)(=O)O. The zero-order valence-corrected chi connectivity index (χ0v) is 8.73. The van der Waals surface area contributed by atoms with Crippen LogP contribution in [0.3, 0.4) is 0 Å². The van der Waals surface area contributed by atoms with Gasteiger partial charge in [0.05, 0.1) is 4.87 Å². The summed E-state index contributed by atoms with van der Waals surface area (Å²) in [7, 11) is -4.16. The Bertz CT molecular complexity index is 307. The Morgan fingerprint density at radius 1 is 1.77 bits per heavy atom. The molecule has 1 unspecified atom stereocenters. The number of carbonyl (C=O) groups excluding carboxylic acids is 1. The first-order chi connectivity index (χ1) is 5.66. The zero-order chi connectivity index (χ0) is 10.7. The van der Waals surface area contributed by atoms with Crippen LogP contribution < -0.4 is 5.32 Å². The Balaban J connectivity index is 4.41. The van der Waals surface area contributed by atoms with E-state index >= 15 is 0 Å². The highest BCUT2D eigenvalue weighted by atomic mass is 32.2. The van der Waals surface area contributed by atoms with Crippen molar-refractivity contribution >= 4 is 28.7 Å². The summed E-state index contributed by atoms with van der Waals surface area (Å²) >= 11 is 3.85. The highest BCUT2D eigenvalue weighted by Crippen LogP contribution is 2.11. The first-order valence-corrected chi connectivity index (χ1v) is 5.34. The molecule has 5 nitrogen and oxygen atoms in total. The summed E-state index contributed by atoms with van der Waals surface area (Å²) in [6.45, 7) is 4.54. The van der Waals surface area contributed by atoms with Gasteiger partial charge in [-0.2, -0.15) is 21.0 Å². The summed E-state index contributed by atoms with van der Waals surface area (Å²) in [5.74, 6) is -1.22. The number of nitrogens with one attached hydrogen (secondary N) is 1. The number of rotatable bonds is 4. The Kier molecular flexibility index (Phi) is 3.95. The lowest BCUT2D eigenvalue weighted by Crippen LogP contribution is -2.45. The van der Waals surface area contributed by atoms with Crippen LogP contribution in [0.1, 0.15) is 6.92 Å². The maximum absolute atomic E-state index is 10.8. The fraction of sp³-hybridized carbons (Fsp3) is 0.500. The van der Waals surface area contributed by atoms with Gasteiger partial charge in [0.2, 0.25) is 5.91 Å². The zero-order valence-electron chi connectivity index (χ0n) is 7.02. The van der Waals surface area contributed by atoms with Gasteiger partial charge in [-0.3, -0.25) is 9.35 Å². The van der Waals surface area contributed by atoms with E-state index in [1.54, 1.807) is 0 Å². The van der Waals surface area contributed by atoms with Gasteiger partial charge in [0.15, 0.2) is 0 Å². The van der Waals surface area contributed by atoms with Crippen molar-refractivity contribution < 1.29 is 17.8 Å². The van der Waals surface area contributed by atoms with Crippen LogP contribution in [0.15, 0.2) is 12.7 Å². The predicted molar refractivity (Wildman–Crippen MR) is 52.1 cm³/mol. The van der Waals surface area contributed by atoms with Crippen molar-refractivity contribution in [2.75, 3.05) is 5.75 Å². The Morgan fingerprint density at radius 2 is 2.23 bits per heavy atom. The Hall–Kier alpha value is -0.530. The molecular formula is C6H11NO4S2. The monoisotopic (exact) mass is 225 g/mol. The Labute approximate surface area is 82.4 Å². The van der Waals surface area contributed by atoms with E-state index in [0.29, 0.717) is 0 Å². The van der Waals surface area contributed by atoms with Crippen LogP contribution in [0.5, 0.6) is 0 Å². The van der Waals surface area contributed by atoms with E-state index in [2.05, 4.69) is 24.5 Å². The molecule has 0 rings (SSSR count). The molecule has 7 heteroatoms. The molecule has 0 radical (unpaired) electrons. The van der Waals surface area contributed by atoms with Crippen LogP contribution in [0, 0.1) is 0 Å². The van der Waals surface area contributed by atoms with Gasteiger partial charge in [-0.05, 0) is 13.0 Å². The van der Waals surface area contributed by atoms with Gasteiger partial charge >= 0.3 is 0 Å². The van der Waals surface area contributed by atoms with Gasteiger partial charge in [-0.1, -0.05) is 6.58 Å². The van der Waals surface area contributed by atoms with Gasteiger partial charge in [0.25, 0.3) is 10.1 Å². The lowest BCUT2D eigenvalue weighted by molar-refractivity contribution is -0.117. The number of hydrogen-bond acceptors (Lipinski definition) is 4. The smallest absolute Gasteiger partial charge is 0.268 e. The molecule has 0 fully saturated rings. The minimum Gasteiger partial charge on any atom is -0.337 e. The summed E-state index contributed by atoms with van der Waals surface area (Å²) in [5.41, 5.74) is 0. The molecule has 0 bridgehead atoms. The van der Waals surface area contributed by atoms with E-state index in [0.717, 1.165) is 6.08 Å². The maximum Gasteiger partial charge on any atom is 0.268 e. The molecule has 0 aliphatic carbocycles. The van der Waals surface area contributed by atoms with E-state index in [-0.39, 0.29) is 0 Å². The summed E-state index contributed by atoms with van der Waals surface area (Å²) in [6.07, 6.45) is 0.985. The summed E-state index contributed by atoms with van der Waals surface area (Å²) in [6, 6.07) is 0. The molecule has 0 aromatic heterocycles. The molecule has 13 heavy (non-hydrogen) atoms. The number of hydrogen-bond donors (Lipinski definition) is 3. The number of amides is 1. The highest BCUT2D eigenvalue weighted by Gasteiger charge is 2.26. The lowest BCUT2D eigenvalue weighted by atomic mass is 10.3. The molecule has 1 atom stereocenters. The van der Waals surface area contributed by atoms with Crippen LogP contribution in [0.2, 0.25) is 0 Å². The molecule has 0 spiro atoms. The number of thiol groups is 1. The molecule has 1 amide bonds. The van der Waals surface area contributed by atoms with Crippen molar-refractivity contribution in [2.45, 2.75) is 11.8 Å². The van der Waals surface area contributed by atoms with Gasteiger partial charge in [0, 0.05) is 0 Å². The molecule has 0 aliphatic heterocycles. The van der Waals surface area contributed by atoms with Crippen molar-refractivity contribution in [1.82, 2.24) is 5.32 Å². The van der Waals surface area contributed by atoms with Crippen molar-refractivity contribution in [3.05, 3.63) is 12.7 Å². The predicted octanol–water partition coefficient (Wildman–Crippen LogP) is -0.178. The van der Waals surface area contributed by atoms with Crippen LogP contribution >= 0.6 is 12.6 Å². The maximum atomic E-state index is 10.8. The van der Waals surface area contributed by atoms with Crippen molar-refractivity contribution in [1.29, 1.82) is 0 Å². The van der Waals surface area contributed by atoms with Gasteiger partial charge in [0.1, 0.15) is 5.75 Å². The minimum absolute atomic E-state index is 0.554. The summed E-state index contributed by atoms with van der Waals surface area (Å²) in [4.78, 5) is 9.45. The van der Waals surface area contributed by atoms with E-state index in [9.17, 15) is 13.2 Å². The number of carbonyl (C=O) groups is 1. The third kappa shape index (κ3) is 6.62. The first kappa shape index (κ1) is 12.5. The normalized spacial score (nSPS) is 15.9. The third-order valence-corrected chi connectivity index (χ3v) is 2.47. The van der Waals surface area contributed by atoms with Crippen LogP contribution in [0.25, 0.3) is 0 Å². The van der Waals surface area contributed by atoms with E-state index in [1.165, 1.54) is 6.92 Å². The molecule has 0 saturated carbocycles. The second kappa shape index (κ2) is 4.12. The quantitative estimate of drug-likeness (QED) is 0.268. The molecule has 0 heterocycles. The van der Waals surface area contributed by atoms with Crippen LogP contribution in [-0.2, 0) is 14.9 Å². The fourth-order valence-electron chi connectivity index (χ4n) is 0.708. The van der Waals surface area contributed by atoms with E-state index < -0.39 is 26.6 Å². The van der Waals surface area contributed by atoms with Crippen molar-refractivity contribution in [3.63, 3.8) is 0 Å². The van der Waals surface area contributed by atoms with Gasteiger partial charge in [-0.15, -0.1) is 0 Å². The van der Waals surface area contributed by atoms with Gasteiger partial charge in [-0.25, -0.2) is 0 Å². The molecule has 0 aromatic carbocycles. The Morgan fingerprint density at radius 3 is 2.54 bits per heavy atom. The highest BCUT2D eigenvalue weighted by molar-refractivity contribution is 7.88. The topological polar surface area (TPSA) is 83.5 Å². The molecule has 76 valence electrons. The van der Waals surface area contributed by atoms with Crippen LogP contribution in [-0.4, -0.2) is 29.5 Å². The van der Waals surface area contributed by atoms with Crippen LogP contribution in [0.4, 0.5) is 0 Å². The standard InChI is InChI=1S/C6H11NO4S2/c1-3-5(8)7-6(2,12)4-13(9,10)11/h3,12H,1,4H2,2H3,(H,7,8)(H,9,10,11). The minimum atomic E-state index is -4.16. The third-order valence-electron chi connectivity index (χ3n) is 1.04. The largest absolute Gasteiger partial charge is 0.337 e. The average Bonchev–Trinajstić information content (AvgIpc) is 1.80. The van der Waals surface area contributed by atoms with Gasteiger partial charge < -0.3 is 5.32 Å². The fourth-order valence-corrected chi connectivity index (χ4v) is 2.09. The van der Waals surface area contributed by atoms with E-state index in [4.69, 9.17) is 4.55 Å². The molecule has 2 N–H and O–H groups in total. The second-order valence-electron chi connectivity index (χ2n) is 2.69. The first-order valence-electron chi connectivity index (χ1n) is 3.28. The summed E-state index contributed by atoms with van der Waals surface area (Å²) < 4.78 is 29.4. The van der Waals surface area contributed by atoms with Crippen molar-refractivity contribution in [2.24, 2.45) is 0 Å². The lowest BCUT2D eigenvalue weighted by Gasteiger charge is -2.22. The molecular weight excluding hydrogens is 214 g/mol. The molecule has 0 saturated heterocycles.